The first-order valence-corrected chi connectivity index (χ1v) is 9.98. The number of carboxylic acid groups (broad SMARTS) is 1. The molecule has 0 heterocycles. The lowest BCUT2D eigenvalue weighted by molar-refractivity contribution is -0.143. The monoisotopic (exact) mass is 419 g/mol. The predicted octanol–water partition coefficient (Wildman–Crippen LogP) is 4.75. The van der Waals surface area contributed by atoms with E-state index >= 15 is 0 Å². The number of amides is 1. The summed E-state index contributed by atoms with van der Waals surface area (Å²) in [7, 11) is 0. The molecule has 1 aliphatic rings. The van der Waals surface area contributed by atoms with Gasteiger partial charge in [-0.2, -0.15) is 0 Å². The van der Waals surface area contributed by atoms with Gasteiger partial charge in [0.2, 0.25) is 0 Å². The number of hydrogen-bond acceptors (Lipinski definition) is 3. The van der Waals surface area contributed by atoms with Crippen LogP contribution in [0, 0.1) is 5.82 Å². The van der Waals surface area contributed by atoms with Crippen LogP contribution in [0.2, 0.25) is 0 Å². The molecule has 0 radical (unpaired) electrons. The lowest BCUT2D eigenvalue weighted by Gasteiger charge is -2.26. The van der Waals surface area contributed by atoms with E-state index in [1.165, 1.54) is 31.2 Å². The zero-order chi connectivity index (χ0) is 22.0. The summed E-state index contributed by atoms with van der Waals surface area (Å²) in [5.41, 5.74) is 3.36. The van der Waals surface area contributed by atoms with Crippen LogP contribution < -0.4 is 5.32 Å². The Morgan fingerprint density at radius 2 is 1.52 bits per heavy atom. The molecule has 0 fully saturated rings. The highest BCUT2D eigenvalue weighted by molar-refractivity contribution is 5.84. The summed E-state index contributed by atoms with van der Waals surface area (Å²) in [6, 6.07) is 21.4. The predicted molar refractivity (Wildman–Crippen MR) is 114 cm³/mol. The van der Waals surface area contributed by atoms with Crippen molar-refractivity contribution in [2.45, 2.75) is 24.8 Å². The molecule has 0 spiro atoms. The van der Waals surface area contributed by atoms with Gasteiger partial charge in [-0.25, -0.2) is 14.0 Å². The van der Waals surface area contributed by atoms with E-state index in [0.717, 1.165) is 22.3 Å². The fourth-order valence-corrected chi connectivity index (χ4v) is 4.04. The average Bonchev–Trinajstić information content (AvgIpc) is 3.08. The Labute approximate surface area is 179 Å². The average molecular weight is 419 g/mol. The quantitative estimate of drug-likeness (QED) is 0.605. The molecule has 6 heteroatoms. The number of fused-ring (bicyclic) bond motifs is 3. The normalized spacial score (nSPS) is 14.3. The zero-order valence-electron chi connectivity index (χ0n) is 17.0. The smallest absolute Gasteiger partial charge is 0.408 e. The number of nitrogens with one attached hydrogen (secondary N) is 1. The minimum Gasteiger partial charge on any atom is -0.480 e. The van der Waals surface area contributed by atoms with Crippen molar-refractivity contribution < 1.29 is 23.8 Å². The SMILES string of the molecule is CC(Cc1ccc(F)cc1)(NC(=O)OCC1c2ccccc2-c2ccccc21)C(=O)O. The molecular formula is C25H22FNO4. The fraction of sp³-hybridized carbons (Fsp3) is 0.200. The van der Waals surface area contributed by atoms with Crippen molar-refractivity contribution in [1.29, 1.82) is 0 Å². The molecule has 31 heavy (non-hydrogen) atoms. The summed E-state index contributed by atoms with van der Waals surface area (Å²) in [6.45, 7) is 1.49. The van der Waals surface area contributed by atoms with Gasteiger partial charge in [-0.05, 0) is 46.9 Å². The highest BCUT2D eigenvalue weighted by Gasteiger charge is 2.36. The van der Waals surface area contributed by atoms with E-state index in [9.17, 15) is 19.1 Å². The molecule has 158 valence electrons. The van der Waals surface area contributed by atoms with E-state index in [1.807, 2.05) is 48.5 Å². The Morgan fingerprint density at radius 1 is 0.968 bits per heavy atom. The van der Waals surface area contributed by atoms with Crippen molar-refractivity contribution in [2.75, 3.05) is 6.61 Å². The second-order valence-electron chi connectivity index (χ2n) is 7.89. The number of alkyl carbamates (subject to hydrolysis) is 1. The van der Waals surface area contributed by atoms with Gasteiger partial charge in [0.1, 0.15) is 18.0 Å². The number of carbonyl (C=O) groups excluding carboxylic acids is 1. The maximum absolute atomic E-state index is 13.1. The number of ether oxygens (including phenoxy) is 1. The second-order valence-corrected chi connectivity index (χ2v) is 7.89. The van der Waals surface area contributed by atoms with Crippen LogP contribution >= 0.6 is 0 Å². The molecule has 1 unspecified atom stereocenters. The summed E-state index contributed by atoms with van der Waals surface area (Å²) in [6.07, 6.45) is -0.818. The molecule has 0 saturated heterocycles. The molecule has 1 aliphatic carbocycles. The molecule has 0 saturated carbocycles. The third kappa shape index (κ3) is 4.14. The summed E-state index contributed by atoms with van der Waals surface area (Å²) >= 11 is 0. The Bertz CT molecular complexity index is 1080. The van der Waals surface area contributed by atoms with Crippen molar-refractivity contribution >= 4 is 12.1 Å². The third-order valence-electron chi connectivity index (χ3n) is 5.66. The van der Waals surface area contributed by atoms with Gasteiger partial charge in [0, 0.05) is 12.3 Å². The van der Waals surface area contributed by atoms with Crippen LogP contribution in [0.15, 0.2) is 72.8 Å². The van der Waals surface area contributed by atoms with Crippen LogP contribution in [0.5, 0.6) is 0 Å². The molecule has 1 amide bonds. The highest BCUT2D eigenvalue weighted by Crippen LogP contribution is 2.44. The third-order valence-corrected chi connectivity index (χ3v) is 5.66. The Kier molecular flexibility index (Phi) is 5.46. The summed E-state index contributed by atoms with van der Waals surface area (Å²) in [4.78, 5) is 24.4. The van der Waals surface area contributed by atoms with Gasteiger partial charge in [0.25, 0.3) is 0 Å². The summed E-state index contributed by atoms with van der Waals surface area (Å²) in [5.74, 6) is -1.73. The molecule has 0 bridgehead atoms. The first-order valence-electron chi connectivity index (χ1n) is 9.98. The second kappa shape index (κ2) is 8.22. The van der Waals surface area contributed by atoms with Crippen LogP contribution in [0.25, 0.3) is 11.1 Å². The van der Waals surface area contributed by atoms with E-state index in [0.29, 0.717) is 5.56 Å². The van der Waals surface area contributed by atoms with Gasteiger partial charge in [-0.3, -0.25) is 0 Å². The van der Waals surface area contributed by atoms with E-state index in [-0.39, 0.29) is 18.9 Å². The van der Waals surface area contributed by atoms with E-state index in [2.05, 4.69) is 5.32 Å². The van der Waals surface area contributed by atoms with Gasteiger partial charge in [-0.1, -0.05) is 60.7 Å². The molecule has 3 aromatic rings. The standard InChI is InChI=1S/C25H22FNO4/c1-25(23(28)29,14-16-10-12-17(26)13-11-16)27-24(30)31-15-22-20-8-4-2-6-18(20)19-7-3-5-9-21(19)22/h2-13,22H,14-15H2,1H3,(H,27,30)(H,28,29). The number of rotatable bonds is 6. The van der Waals surface area contributed by atoms with Crippen LogP contribution in [0.3, 0.4) is 0 Å². The number of hydrogen-bond donors (Lipinski definition) is 2. The van der Waals surface area contributed by atoms with E-state index in [4.69, 9.17) is 4.74 Å². The number of carboxylic acids is 1. The van der Waals surface area contributed by atoms with Crippen LogP contribution in [0.1, 0.15) is 29.5 Å². The first kappa shape index (κ1) is 20.6. The van der Waals surface area contributed by atoms with Crippen LogP contribution in [0.4, 0.5) is 9.18 Å². The Morgan fingerprint density at radius 3 is 2.06 bits per heavy atom. The topological polar surface area (TPSA) is 75.6 Å². The number of aliphatic carboxylic acids is 1. The van der Waals surface area contributed by atoms with Gasteiger partial charge >= 0.3 is 12.1 Å². The molecule has 1 atom stereocenters. The van der Waals surface area contributed by atoms with E-state index < -0.39 is 23.4 Å². The van der Waals surface area contributed by atoms with Crippen molar-refractivity contribution in [3.05, 3.63) is 95.3 Å². The molecule has 3 aromatic carbocycles. The molecule has 0 aliphatic heterocycles. The van der Waals surface area contributed by atoms with Gasteiger partial charge in [0.15, 0.2) is 0 Å². The van der Waals surface area contributed by atoms with Crippen molar-refractivity contribution in [3.8, 4) is 11.1 Å². The zero-order valence-corrected chi connectivity index (χ0v) is 17.0. The summed E-state index contributed by atoms with van der Waals surface area (Å²) in [5, 5.41) is 12.2. The molecule has 5 nitrogen and oxygen atoms in total. The van der Waals surface area contributed by atoms with E-state index in [1.54, 1.807) is 0 Å². The number of carbonyl (C=O) groups is 2. The summed E-state index contributed by atoms with van der Waals surface area (Å²) < 4.78 is 18.6. The maximum atomic E-state index is 13.1. The number of benzene rings is 3. The van der Waals surface area contributed by atoms with Crippen molar-refractivity contribution in [3.63, 3.8) is 0 Å². The van der Waals surface area contributed by atoms with Crippen LogP contribution in [-0.4, -0.2) is 29.3 Å². The minimum atomic E-state index is -1.60. The Balaban J connectivity index is 1.47. The minimum absolute atomic E-state index is 0.00713. The fourth-order valence-electron chi connectivity index (χ4n) is 4.04. The lowest BCUT2D eigenvalue weighted by atomic mass is 9.93. The Hall–Kier alpha value is -3.67. The van der Waals surface area contributed by atoms with Gasteiger partial charge in [-0.15, -0.1) is 0 Å². The van der Waals surface area contributed by atoms with Gasteiger partial charge < -0.3 is 15.2 Å². The molecule has 4 rings (SSSR count). The molecule has 2 N–H and O–H groups in total. The van der Waals surface area contributed by atoms with Gasteiger partial charge in [0.05, 0.1) is 0 Å². The molecular weight excluding hydrogens is 397 g/mol. The lowest BCUT2D eigenvalue weighted by Crippen LogP contribution is -2.54. The maximum Gasteiger partial charge on any atom is 0.408 e. The van der Waals surface area contributed by atoms with Crippen LogP contribution in [-0.2, 0) is 16.0 Å². The molecule has 0 aromatic heterocycles. The van der Waals surface area contributed by atoms with Crippen molar-refractivity contribution in [1.82, 2.24) is 5.32 Å². The highest BCUT2D eigenvalue weighted by atomic mass is 19.1. The largest absolute Gasteiger partial charge is 0.480 e. The first-order chi connectivity index (χ1) is 14.9. The number of halogens is 1. The van der Waals surface area contributed by atoms with Crippen molar-refractivity contribution in [2.24, 2.45) is 0 Å².